The van der Waals surface area contributed by atoms with Crippen molar-refractivity contribution in [2.75, 3.05) is 24.6 Å². The average molecular weight is 438 g/mol. The van der Waals surface area contributed by atoms with Crippen LogP contribution < -0.4 is 10.5 Å². The van der Waals surface area contributed by atoms with Crippen LogP contribution in [-0.4, -0.2) is 49.0 Å². The highest BCUT2D eigenvalue weighted by molar-refractivity contribution is 5.77. The number of morpholine rings is 1. The number of anilines is 1. The van der Waals surface area contributed by atoms with Crippen molar-refractivity contribution in [2.24, 2.45) is 20.0 Å². The van der Waals surface area contributed by atoms with Gasteiger partial charge in [0.2, 0.25) is 5.95 Å². The second kappa shape index (κ2) is 8.27. The van der Waals surface area contributed by atoms with Crippen LogP contribution in [0.3, 0.4) is 0 Å². The maximum Gasteiger partial charge on any atom is 0.279 e. The van der Waals surface area contributed by atoms with E-state index in [4.69, 9.17) is 19.7 Å². The molecular formula is C23H31N7O2. The number of nitrogens with zero attached hydrogens (tertiary/aromatic N) is 7. The summed E-state index contributed by atoms with van der Waals surface area (Å²) < 4.78 is 9.36. The number of aromatic nitrogens is 6. The van der Waals surface area contributed by atoms with E-state index in [2.05, 4.69) is 16.9 Å². The third kappa shape index (κ3) is 3.79. The Morgan fingerprint density at radius 3 is 2.56 bits per heavy atom. The average Bonchev–Trinajstić information content (AvgIpc) is 3.24. The molecule has 0 radical (unpaired) electrons. The lowest BCUT2D eigenvalue weighted by Gasteiger charge is -2.33. The van der Waals surface area contributed by atoms with Gasteiger partial charge in [-0.3, -0.25) is 14.0 Å². The minimum atomic E-state index is -0.112. The molecule has 0 N–H and O–H groups in total. The lowest BCUT2D eigenvalue weighted by Crippen LogP contribution is -2.39. The van der Waals surface area contributed by atoms with Crippen molar-refractivity contribution in [3.8, 4) is 0 Å². The summed E-state index contributed by atoms with van der Waals surface area (Å²) >= 11 is 0. The van der Waals surface area contributed by atoms with Crippen molar-refractivity contribution in [1.29, 1.82) is 0 Å². The highest BCUT2D eigenvalue weighted by Gasteiger charge is 2.29. The summed E-state index contributed by atoms with van der Waals surface area (Å²) in [5.41, 5.74) is 2.94. The molecule has 9 heteroatoms. The first kappa shape index (κ1) is 21.1. The minimum absolute atomic E-state index is 0.102. The fourth-order valence-corrected chi connectivity index (χ4v) is 4.86. The van der Waals surface area contributed by atoms with E-state index in [-0.39, 0.29) is 11.7 Å². The van der Waals surface area contributed by atoms with E-state index in [0.29, 0.717) is 48.4 Å². The molecule has 32 heavy (non-hydrogen) atoms. The van der Waals surface area contributed by atoms with Crippen LogP contribution in [0, 0.1) is 12.8 Å². The van der Waals surface area contributed by atoms with Gasteiger partial charge in [0.25, 0.3) is 5.56 Å². The molecule has 1 saturated carbocycles. The quantitative estimate of drug-likeness (QED) is 0.622. The molecule has 170 valence electrons. The Balaban J connectivity index is 1.57. The zero-order chi connectivity index (χ0) is 22.4. The van der Waals surface area contributed by atoms with Crippen molar-refractivity contribution >= 4 is 17.0 Å². The van der Waals surface area contributed by atoms with Gasteiger partial charge < -0.3 is 9.64 Å². The van der Waals surface area contributed by atoms with Gasteiger partial charge in [-0.2, -0.15) is 5.10 Å². The Labute approximate surface area is 187 Å². The van der Waals surface area contributed by atoms with E-state index < -0.39 is 0 Å². The van der Waals surface area contributed by atoms with Crippen LogP contribution in [0.1, 0.15) is 61.7 Å². The number of rotatable bonds is 3. The molecular weight excluding hydrogens is 406 g/mol. The topological polar surface area (TPSA) is 91.0 Å². The third-order valence-corrected chi connectivity index (χ3v) is 7.01. The van der Waals surface area contributed by atoms with Crippen molar-refractivity contribution in [1.82, 2.24) is 29.3 Å². The van der Waals surface area contributed by atoms with Gasteiger partial charge in [0, 0.05) is 38.3 Å². The number of fused-ring (bicyclic) bond motifs is 1. The first-order valence-electron chi connectivity index (χ1n) is 11.5. The molecule has 0 amide bonds. The van der Waals surface area contributed by atoms with Gasteiger partial charge in [-0.25, -0.2) is 15.0 Å². The minimum Gasteiger partial charge on any atom is -0.370 e. The summed E-state index contributed by atoms with van der Waals surface area (Å²) in [6.45, 7) is 6.05. The van der Waals surface area contributed by atoms with E-state index in [9.17, 15) is 4.79 Å². The summed E-state index contributed by atoms with van der Waals surface area (Å²) in [5, 5.41) is 4.28. The molecule has 0 aromatic carbocycles. The molecule has 3 aromatic rings. The molecule has 2 aliphatic rings. The fraction of sp³-hybridized carbons (Fsp3) is 0.609. The van der Waals surface area contributed by atoms with Crippen LogP contribution in [0.4, 0.5) is 5.95 Å². The predicted octanol–water partition coefficient (Wildman–Crippen LogP) is 2.64. The monoisotopic (exact) mass is 437 g/mol. The maximum atomic E-state index is 13.1. The molecule has 1 aliphatic heterocycles. The van der Waals surface area contributed by atoms with Gasteiger partial charge >= 0.3 is 0 Å². The van der Waals surface area contributed by atoms with E-state index >= 15 is 0 Å². The molecule has 9 nitrogen and oxygen atoms in total. The van der Waals surface area contributed by atoms with Gasteiger partial charge in [0.05, 0.1) is 25.0 Å². The molecule has 1 saturated heterocycles. The molecule has 5 rings (SSSR count). The SMILES string of the molecule is Cc1nc2c(nc(N3CCO[C@H](c4cnn(C)c4)C3)nc2[C@H]2CC[C@H](C)CC2)c(=O)n1C. The normalized spacial score (nSPS) is 24.2. The van der Waals surface area contributed by atoms with Gasteiger partial charge in [0.15, 0.2) is 5.52 Å². The molecule has 1 atom stereocenters. The van der Waals surface area contributed by atoms with Crippen molar-refractivity contribution in [3.05, 3.63) is 39.8 Å². The second-order valence-corrected chi connectivity index (χ2v) is 9.34. The molecule has 4 heterocycles. The molecule has 0 bridgehead atoms. The first-order valence-corrected chi connectivity index (χ1v) is 11.5. The van der Waals surface area contributed by atoms with Gasteiger partial charge in [-0.15, -0.1) is 0 Å². The number of aryl methyl sites for hydroxylation is 2. The van der Waals surface area contributed by atoms with Crippen molar-refractivity contribution in [2.45, 2.75) is 51.6 Å². The summed E-state index contributed by atoms with van der Waals surface area (Å²) in [6, 6.07) is 0. The van der Waals surface area contributed by atoms with Crippen LogP contribution in [0.25, 0.3) is 11.0 Å². The fourth-order valence-electron chi connectivity index (χ4n) is 4.86. The van der Waals surface area contributed by atoms with Crippen molar-refractivity contribution < 1.29 is 4.74 Å². The van der Waals surface area contributed by atoms with Crippen LogP contribution in [-0.2, 0) is 18.8 Å². The summed E-state index contributed by atoms with van der Waals surface area (Å²) in [4.78, 5) is 29.8. The van der Waals surface area contributed by atoms with Crippen molar-refractivity contribution in [3.63, 3.8) is 0 Å². The Bertz CT molecular complexity index is 1190. The Kier molecular flexibility index (Phi) is 5.44. The zero-order valence-corrected chi connectivity index (χ0v) is 19.3. The Hall–Kier alpha value is -2.81. The van der Waals surface area contributed by atoms with E-state index in [0.717, 1.165) is 30.0 Å². The smallest absolute Gasteiger partial charge is 0.279 e. The Morgan fingerprint density at radius 1 is 1.06 bits per heavy atom. The van der Waals surface area contributed by atoms with Gasteiger partial charge in [0.1, 0.15) is 17.4 Å². The zero-order valence-electron chi connectivity index (χ0n) is 19.3. The molecule has 0 spiro atoms. The molecule has 0 unspecified atom stereocenters. The highest BCUT2D eigenvalue weighted by atomic mass is 16.5. The number of ether oxygens (including phenoxy) is 1. The van der Waals surface area contributed by atoms with Crippen LogP contribution in [0.5, 0.6) is 0 Å². The summed E-state index contributed by atoms with van der Waals surface area (Å²) in [7, 11) is 3.65. The van der Waals surface area contributed by atoms with Gasteiger partial charge in [-0.05, 0) is 25.7 Å². The van der Waals surface area contributed by atoms with Gasteiger partial charge in [-0.1, -0.05) is 19.8 Å². The van der Waals surface area contributed by atoms with Crippen LogP contribution >= 0.6 is 0 Å². The number of hydrogen-bond acceptors (Lipinski definition) is 7. The lowest BCUT2D eigenvalue weighted by atomic mass is 9.81. The predicted molar refractivity (Wildman–Crippen MR) is 122 cm³/mol. The number of hydrogen-bond donors (Lipinski definition) is 0. The third-order valence-electron chi connectivity index (χ3n) is 7.01. The van der Waals surface area contributed by atoms with E-state index in [1.54, 1.807) is 16.3 Å². The van der Waals surface area contributed by atoms with Crippen LogP contribution in [0.2, 0.25) is 0 Å². The van der Waals surface area contributed by atoms with E-state index in [1.807, 2.05) is 26.4 Å². The van der Waals surface area contributed by atoms with E-state index in [1.165, 1.54) is 12.8 Å². The largest absolute Gasteiger partial charge is 0.370 e. The lowest BCUT2D eigenvalue weighted by molar-refractivity contribution is 0.0392. The summed E-state index contributed by atoms with van der Waals surface area (Å²) in [5.74, 6) is 2.34. The molecule has 1 aliphatic carbocycles. The first-order chi connectivity index (χ1) is 15.4. The maximum absolute atomic E-state index is 13.1. The standard InChI is InChI=1S/C23H31N7O2/c1-14-5-7-16(8-6-14)19-20-21(22(31)29(4)15(2)25-20)27-23(26-19)30-9-10-32-18(13-30)17-11-24-28(3)12-17/h11-12,14,16,18H,5-10,13H2,1-4H3/t14-,16-,18-/m0/s1. The molecule has 2 fully saturated rings. The molecule has 3 aromatic heterocycles. The highest BCUT2D eigenvalue weighted by Crippen LogP contribution is 2.37. The van der Waals surface area contributed by atoms with Crippen LogP contribution in [0.15, 0.2) is 17.2 Å². The second-order valence-electron chi connectivity index (χ2n) is 9.34. The summed E-state index contributed by atoms with van der Waals surface area (Å²) in [6.07, 6.45) is 8.22. The Morgan fingerprint density at radius 2 is 1.84 bits per heavy atom.